The van der Waals surface area contributed by atoms with Gasteiger partial charge >= 0.3 is 0 Å². The molecule has 5 heteroatoms. The van der Waals surface area contributed by atoms with Gasteiger partial charge in [-0.1, -0.05) is 13.3 Å². The number of nitrogens with zero attached hydrogens (tertiary/aromatic N) is 2. The number of hydrogen-bond donors (Lipinski definition) is 2. The SMILES string of the molecule is CC/C(=C/N=C(C=O)N1CCC2(CCCC2N)CC1)NC. The Bertz CT molecular complexity index is 416. The van der Waals surface area contributed by atoms with Crippen LogP contribution in [0.4, 0.5) is 0 Å². The van der Waals surface area contributed by atoms with Gasteiger partial charge in [-0.25, -0.2) is 4.99 Å². The lowest BCUT2D eigenvalue weighted by atomic mass is 9.74. The molecule has 118 valence electrons. The molecule has 3 N–H and O–H groups in total. The van der Waals surface area contributed by atoms with Crippen LogP contribution >= 0.6 is 0 Å². The zero-order valence-corrected chi connectivity index (χ0v) is 13.3. The van der Waals surface area contributed by atoms with Gasteiger partial charge in [-0.15, -0.1) is 0 Å². The van der Waals surface area contributed by atoms with Crippen molar-refractivity contribution in [3.8, 4) is 0 Å². The monoisotopic (exact) mass is 292 g/mol. The molecule has 0 amide bonds. The third kappa shape index (κ3) is 3.46. The van der Waals surface area contributed by atoms with E-state index in [1.54, 1.807) is 6.20 Å². The predicted octanol–water partition coefficient (Wildman–Crippen LogP) is 1.65. The molecule has 1 spiro atoms. The molecule has 0 radical (unpaired) electrons. The maximum atomic E-state index is 11.3. The molecular formula is C16H28N4O. The molecule has 1 saturated heterocycles. The summed E-state index contributed by atoms with van der Waals surface area (Å²) in [7, 11) is 1.87. The zero-order valence-electron chi connectivity index (χ0n) is 13.3. The van der Waals surface area contributed by atoms with Gasteiger partial charge in [0.05, 0.1) is 0 Å². The van der Waals surface area contributed by atoms with Crippen LogP contribution in [-0.4, -0.2) is 43.2 Å². The van der Waals surface area contributed by atoms with E-state index in [9.17, 15) is 4.79 Å². The molecule has 0 bridgehead atoms. The highest BCUT2D eigenvalue weighted by atomic mass is 16.1. The number of likely N-dealkylation sites (tertiary alicyclic amines) is 1. The van der Waals surface area contributed by atoms with Gasteiger partial charge in [0.25, 0.3) is 0 Å². The van der Waals surface area contributed by atoms with Gasteiger partial charge < -0.3 is 16.0 Å². The zero-order chi connectivity index (χ0) is 15.3. The number of carbonyl (C=O) groups excluding carboxylic acids is 1. The standard InChI is InChI=1S/C16H28N4O/c1-3-13(18-2)11-19-15(12-21)20-9-7-16(8-10-20)6-4-5-14(16)17/h11-12,14,18H,3-10,17H2,1-2H3/b13-11-,19-15?. The van der Waals surface area contributed by atoms with E-state index < -0.39 is 0 Å². The first-order valence-corrected chi connectivity index (χ1v) is 8.05. The van der Waals surface area contributed by atoms with Crippen LogP contribution in [0, 0.1) is 5.41 Å². The summed E-state index contributed by atoms with van der Waals surface area (Å²) in [5.41, 5.74) is 7.64. The van der Waals surface area contributed by atoms with Crippen molar-refractivity contribution in [3.05, 3.63) is 11.9 Å². The van der Waals surface area contributed by atoms with Gasteiger partial charge in [0.15, 0.2) is 12.1 Å². The van der Waals surface area contributed by atoms with E-state index in [0.717, 1.165) is 50.8 Å². The highest BCUT2D eigenvalue weighted by Gasteiger charge is 2.43. The van der Waals surface area contributed by atoms with Crippen molar-refractivity contribution in [2.75, 3.05) is 20.1 Å². The molecule has 21 heavy (non-hydrogen) atoms. The minimum absolute atomic E-state index is 0.319. The first-order chi connectivity index (χ1) is 10.1. The summed E-state index contributed by atoms with van der Waals surface area (Å²) in [5, 5.41) is 3.08. The number of rotatable bonds is 4. The Kier molecular flexibility index (Phi) is 5.39. The number of aliphatic imine (C=N–C) groups is 1. The quantitative estimate of drug-likeness (QED) is 0.469. The molecule has 1 aliphatic carbocycles. The summed E-state index contributed by atoms with van der Waals surface area (Å²) < 4.78 is 0. The summed E-state index contributed by atoms with van der Waals surface area (Å²) in [4.78, 5) is 17.8. The first-order valence-electron chi connectivity index (χ1n) is 8.05. The van der Waals surface area contributed by atoms with E-state index in [4.69, 9.17) is 5.73 Å². The summed E-state index contributed by atoms with van der Waals surface area (Å²) in [6.45, 7) is 3.84. The summed E-state index contributed by atoms with van der Waals surface area (Å²) in [6, 6.07) is 0.340. The van der Waals surface area contributed by atoms with Crippen molar-refractivity contribution in [2.24, 2.45) is 16.1 Å². The van der Waals surface area contributed by atoms with Gasteiger partial charge in [0.1, 0.15) is 0 Å². The Morgan fingerprint density at radius 2 is 2.14 bits per heavy atom. The molecule has 0 aromatic rings. The molecule has 1 aliphatic heterocycles. The Labute approximate surface area is 127 Å². The molecular weight excluding hydrogens is 264 g/mol. The van der Waals surface area contributed by atoms with Crippen LogP contribution in [0.2, 0.25) is 0 Å². The maximum Gasteiger partial charge on any atom is 0.185 e. The third-order valence-electron chi connectivity index (χ3n) is 5.22. The number of allylic oxidation sites excluding steroid dienone is 1. The lowest BCUT2D eigenvalue weighted by molar-refractivity contribution is -0.103. The van der Waals surface area contributed by atoms with E-state index in [1.165, 1.54) is 12.8 Å². The normalized spacial score (nSPS) is 26.2. The summed E-state index contributed by atoms with van der Waals surface area (Å²) >= 11 is 0. The van der Waals surface area contributed by atoms with Crippen LogP contribution in [0.5, 0.6) is 0 Å². The Morgan fingerprint density at radius 1 is 1.43 bits per heavy atom. The number of nitrogens with two attached hydrogens (primary N) is 1. The van der Waals surface area contributed by atoms with Gasteiger partial charge in [-0.05, 0) is 37.5 Å². The molecule has 1 atom stereocenters. The largest absolute Gasteiger partial charge is 0.390 e. The second kappa shape index (κ2) is 7.07. The minimum Gasteiger partial charge on any atom is -0.390 e. The first kappa shape index (κ1) is 16.0. The number of nitrogens with one attached hydrogen (secondary N) is 1. The highest BCUT2D eigenvalue weighted by molar-refractivity contribution is 6.27. The maximum absolute atomic E-state index is 11.3. The molecule has 1 saturated carbocycles. The van der Waals surface area contributed by atoms with E-state index in [0.29, 0.717) is 17.3 Å². The fourth-order valence-corrected chi connectivity index (χ4v) is 3.63. The van der Waals surface area contributed by atoms with Crippen molar-refractivity contribution >= 4 is 12.1 Å². The fourth-order valence-electron chi connectivity index (χ4n) is 3.63. The molecule has 0 aromatic carbocycles. The average molecular weight is 292 g/mol. The van der Waals surface area contributed by atoms with Gasteiger partial charge in [-0.2, -0.15) is 0 Å². The summed E-state index contributed by atoms with van der Waals surface area (Å²) in [5.74, 6) is 0.539. The van der Waals surface area contributed by atoms with Crippen LogP contribution in [0.15, 0.2) is 16.9 Å². The average Bonchev–Trinajstić information content (AvgIpc) is 2.86. The molecule has 2 aliphatic rings. The molecule has 2 fully saturated rings. The van der Waals surface area contributed by atoms with E-state index in [1.807, 2.05) is 7.05 Å². The second-order valence-corrected chi connectivity index (χ2v) is 6.21. The van der Waals surface area contributed by atoms with Crippen molar-refractivity contribution in [2.45, 2.75) is 51.5 Å². The fraction of sp³-hybridized carbons (Fsp3) is 0.750. The highest BCUT2D eigenvalue weighted by Crippen LogP contribution is 2.45. The number of carbonyl (C=O) groups is 1. The Morgan fingerprint density at radius 3 is 2.62 bits per heavy atom. The Hall–Kier alpha value is -1.36. The number of amidine groups is 1. The Balaban J connectivity index is 2.01. The van der Waals surface area contributed by atoms with Crippen molar-refractivity contribution in [3.63, 3.8) is 0 Å². The van der Waals surface area contributed by atoms with Crippen molar-refractivity contribution in [1.29, 1.82) is 0 Å². The van der Waals surface area contributed by atoms with Gasteiger partial charge in [0, 0.05) is 38.1 Å². The van der Waals surface area contributed by atoms with Crippen LogP contribution in [0.3, 0.4) is 0 Å². The molecule has 1 unspecified atom stereocenters. The second-order valence-electron chi connectivity index (χ2n) is 6.21. The number of piperidine rings is 1. The lowest BCUT2D eigenvalue weighted by Crippen LogP contribution is -2.48. The van der Waals surface area contributed by atoms with Crippen LogP contribution in [0.25, 0.3) is 0 Å². The van der Waals surface area contributed by atoms with Crippen LogP contribution < -0.4 is 11.1 Å². The third-order valence-corrected chi connectivity index (χ3v) is 5.22. The molecule has 1 heterocycles. The van der Waals surface area contributed by atoms with Gasteiger partial charge in [0.2, 0.25) is 0 Å². The van der Waals surface area contributed by atoms with Crippen LogP contribution in [0.1, 0.15) is 45.4 Å². The molecule has 2 rings (SSSR count). The summed E-state index contributed by atoms with van der Waals surface area (Å²) in [6.07, 6.45) is 9.31. The van der Waals surface area contributed by atoms with Crippen molar-refractivity contribution < 1.29 is 4.79 Å². The predicted molar refractivity (Wildman–Crippen MR) is 86.0 cm³/mol. The number of hydrogen-bond acceptors (Lipinski definition) is 4. The minimum atomic E-state index is 0.319. The smallest absolute Gasteiger partial charge is 0.185 e. The van der Waals surface area contributed by atoms with Crippen LogP contribution in [-0.2, 0) is 4.79 Å². The van der Waals surface area contributed by atoms with E-state index >= 15 is 0 Å². The van der Waals surface area contributed by atoms with E-state index in [-0.39, 0.29) is 0 Å². The molecule has 0 aromatic heterocycles. The topological polar surface area (TPSA) is 70.7 Å². The van der Waals surface area contributed by atoms with E-state index in [2.05, 4.69) is 22.1 Å². The molecule has 5 nitrogen and oxygen atoms in total. The lowest BCUT2D eigenvalue weighted by Gasteiger charge is -2.42. The van der Waals surface area contributed by atoms with Gasteiger partial charge in [-0.3, -0.25) is 4.79 Å². The van der Waals surface area contributed by atoms with Crippen molar-refractivity contribution in [1.82, 2.24) is 10.2 Å². The number of aldehydes is 1.